The van der Waals surface area contributed by atoms with Crippen LogP contribution in [0.15, 0.2) is 77.7 Å². The van der Waals surface area contributed by atoms with Crippen LogP contribution in [0.4, 0.5) is 5.69 Å². The van der Waals surface area contributed by atoms with Crippen molar-refractivity contribution in [3.05, 3.63) is 88.9 Å². The number of sulfonamides is 1. The Morgan fingerprint density at radius 2 is 1.75 bits per heavy atom. The van der Waals surface area contributed by atoms with Crippen molar-refractivity contribution in [1.29, 1.82) is 0 Å². The van der Waals surface area contributed by atoms with Gasteiger partial charge in [0.2, 0.25) is 5.91 Å². The van der Waals surface area contributed by atoms with Crippen molar-refractivity contribution >= 4 is 33.2 Å². The van der Waals surface area contributed by atoms with Crippen molar-refractivity contribution in [2.24, 2.45) is 0 Å². The molecule has 0 atom stereocenters. The Bertz CT molecular complexity index is 1180. The summed E-state index contributed by atoms with van der Waals surface area (Å²) in [5.74, 6) is 0.297. The molecule has 0 heterocycles. The van der Waals surface area contributed by atoms with Gasteiger partial charge in [-0.15, -0.1) is 0 Å². The van der Waals surface area contributed by atoms with Crippen LogP contribution in [-0.4, -0.2) is 34.0 Å². The summed E-state index contributed by atoms with van der Waals surface area (Å²) >= 11 is 6.07. The number of nitrogens with zero attached hydrogens (tertiary/aromatic N) is 1. The number of aryl methyl sites for hydroxylation is 2. The maximum absolute atomic E-state index is 13.2. The topological polar surface area (TPSA) is 75.7 Å². The number of rotatable bonds is 9. The average Bonchev–Trinajstić information content (AvgIpc) is 2.76. The van der Waals surface area contributed by atoms with E-state index in [1.54, 1.807) is 36.4 Å². The number of hydrogen-bond donors (Lipinski definition) is 1. The molecule has 0 spiro atoms. The quantitative estimate of drug-likeness (QED) is 0.470. The molecular weight excluding hydrogens is 448 g/mol. The Balaban J connectivity index is 1.68. The van der Waals surface area contributed by atoms with E-state index in [0.717, 1.165) is 21.2 Å². The smallest absolute Gasteiger partial charge is 0.264 e. The molecule has 0 aliphatic heterocycles. The number of benzene rings is 3. The van der Waals surface area contributed by atoms with Crippen LogP contribution in [-0.2, 0) is 14.8 Å². The molecule has 3 aromatic rings. The number of carbonyl (C=O) groups is 1. The molecule has 168 valence electrons. The minimum absolute atomic E-state index is 0.0888. The molecule has 0 aromatic heterocycles. The van der Waals surface area contributed by atoms with Gasteiger partial charge in [0.1, 0.15) is 18.9 Å². The summed E-state index contributed by atoms with van der Waals surface area (Å²) < 4.78 is 33.2. The minimum Gasteiger partial charge on any atom is -0.491 e. The standard InChI is InChI=1S/C24H25ClN2O4S/c1-18-11-12-23(19(2)15-18)31-14-13-26-24(28)17-27(21-8-6-7-20(25)16-21)32(29,30)22-9-4-3-5-10-22/h3-12,15-16H,13-14,17H2,1-2H3,(H,26,28). The molecule has 0 saturated heterocycles. The largest absolute Gasteiger partial charge is 0.491 e. The van der Waals surface area contributed by atoms with E-state index in [4.69, 9.17) is 16.3 Å². The lowest BCUT2D eigenvalue weighted by molar-refractivity contribution is -0.119. The Hall–Kier alpha value is -3.03. The lowest BCUT2D eigenvalue weighted by atomic mass is 10.1. The molecule has 1 amide bonds. The van der Waals surface area contributed by atoms with Crippen LogP contribution in [0.2, 0.25) is 5.02 Å². The molecule has 0 unspecified atom stereocenters. The van der Waals surface area contributed by atoms with E-state index in [1.807, 2.05) is 32.0 Å². The van der Waals surface area contributed by atoms with Gasteiger partial charge in [-0.05, 0) is 55.8 Å². The van der Waals surface area contributed by atoms with E-state index in [0.29, 0.717) is 10.7 Å². The van der Waals surface area contributed by atoms with Crippen molar-refractivity contribution in [3.8, 4) is 5.75 Å². The van der Waals surface area contributed by atoms with Gasteiger partial charge >= 0.3 is 0 Å². The number of amides is 1. The Morgan fingerprint density at radius 1 is 1.00 bits per heavy atom. The van der Waals surface area contributed by atoms with Gasteiger partial charge in [0, 0.05) is 5.02 Å². The number of anilines is 1. The highest BCUT2D eigenvalue weighted by Crippen LogP contribution is 2.26. The first-order chi connectivity index (χ1) is 15.3. The zero-order valence-electron chi connectivity index (χ0n) is 17.9. The first kappa shape index (κ1) is 23.6. The summed E-state index contributed by atoms with van der Waals surface area (Å²) in [6, 6.07) is 20.2. The predicted octanol–water partition coefficient (Wildman–Crippen LogP) is 4.35. The second-order valence-electron chi connectivity index (χ2n) is 7.27. The highest BCUT2D eigenvalue weighted by molar-refractivity contribution is 7.92. The van der Waals surface area contributed by atoms with Gasteiger partial charge in [-0.3, -0.25) is 9.10 Å². The number of carbonyl (C=O) groups excluding carboxylic acids is 1. The van der Waals surface area contributed by atoms with Crippen molar-refractivity contribution in [1.82, 2.24) is 5.32 Å². The third kappa shape index (κ3) is 6.02. The van der Waals surface area contributed by atoms with Crippen LogP contribution < -0.4 is 14.4 Å². The summed E-state index contributed by atoms with van der Waals surface area (Å²) in [6.45, 7) is 4.07. The maximum atomic E-state index is 13.2. The van der Waals surface area contributed by atoms with Crippen LogP contribution in [0.5, 0.6) is 5.75 Å². The van der Waals surface area contributed by atoms with Gasteiger partial charge in [-0.2, -0.15) is 0 Å². The van der Waals surface area contributed by atoms with Crippen LogP contribution in [0.1, 0.15) is 11.1 Å². The second kappa shape index (κ2) is 10.5. The third-order valence-electron chi connectivity index (χ3n) is 4.73. The molecule has 0 fully saturated rings. The Labute approximate surface area is 193 Å². The predicted molar refractivity (Wildman–Crippen MR) is 127 cm³/mol. The van der Waals surface area contributed by atoms with Crippen LogP contribution in [0, 0.1) is 13.8 Å². The van der Waals surface area contributed by atoms with Gasteiger partial charge in [0.25, 0.3) is 10.0 Å². The number of nitrogens with one attached hydrogen (secondary N) is 1. The molecule has 8 heteroatoms. The Kier molecular flexibility index (Phi) is 7.77. The molecule has 0 aliphatic carbocycles. The molecule has 32 heavy (non-hydrogen) atoms. The van der Waals surface area contributed by atoms with Crippen LogP contribution in [0.3, 0.4) is 0 Å². The second-order valence-corrected chi connectivity index (χ2v) is 9.57. The minimum atomic E-state index is -3.97. The highest BCUT2D eigenvalue weighted by Gasteiger charge is 2.27. The van der Waals surface area contributed by atoms with Crippen molar-refractivity contribution in [3.63, 3.8) is 0 Å². The SMILES string of the molecule is Cc1ccc(OCCNC(=O)CN(c2cccc(Cl)c2)S(=O)(=O)c2ccccc2)c(C)c1. The fourth-order valence-electron chi connectivity index (χ4n) is 3.17. The lowest BCUT2D eigenvalue weighted by Gasteiger charge is -2.24. The molecule has 0 saturated carbocycles. The molecule has 3 aromatic carbocycles. The normalized spacial score (nSPS) is 11.1. The monoisotopic (exact) mass is 472 g/mol. The number of ether oxygens (including phenoxy) is 1. The summed E-state index contributed by atoms with van der Waals surface area (Å²) in [4.78, 5) is 12.7. The zero-order valence-corrected chi connectivity index (χ0v) is 19.5. The molecule has 6 nitrogen and oxygen atoms in total. The van der Waals surface area contributed by atoms with E-state index >= 15 is 0 Å². The molecule has 3 rings (SSSR count). The first-order valence-corrected chi connectivity index (χ1v) is 11.9. The van der Waals surface area contributed by atoms with Gasteiger partial charge in [0.15, 0.2) is 0 Å². The fourth-order valence-corrected chi connectivity index (χ4v) is 4.78. The van der Waals surface area contributed by atoms with Crippen molar-refractivity contribution < 1.29 is 17.9 Å². The summed E-state index contributed by atoms with van der Waals surface area (Å²) in [7, 11) is -3.97. The maximum Gasteiger partial charge on any atom is 0.264 e. The van der Waals surface area contributed by atoms with Gasteiger partial charge in [0.05, 0.1) is 17.1 Å². The number of hydrogen-bond acceptors (Lipinski definition) is 4. The van der Waals surface area contributed by atoms with Gasteiger partial charge in [-0.1, -0.05) is 53.6 Å². The van der Waals surface area contributed by atoms with Crippen LogP contribution >= 0.6 is 11.6 Å². The fraction of sp³-hybridized carbons (Fsp3) is 0.208. The number of halogens is 1. The lowest BCUT2D eigenvalue weighted by Crippen LogP contribution is -2.41. The summed E-state index contributed by atoms with van der Waals surface area (Å²) in [5, 5.41) is 3.09. The van der Waals surface area contributed by atoms with E-state index in [9.17, 15) is 13.2 Å². The third-order valence-corrected chi connectivity index (χ3v) is 6.75. The molecule has 1 N–H and O–H groups in total. The Morgan fingerprint density at radius 3 is 2.44 bits per heavy atom. The first-order valence-electron chi connectivity index (χ1n) is 10.1. The van der Waals surface area contributed by atoms with Crippen molar-refractivity contribution in [2.75, 3.05) is 24.0 Å². The average molecular weight is 473 g/mol. The van der Waals surface area contributed by atoms with Gasteiger partial charge < -0.3 is 10.1 Å². The van der Waals surface area contributed by atoms with Gasteiger partial charge in [-0.25, -0.2) is 8.42 Å². The summed E-state index contributed by atoms with van der Waals surface area (Å²) in [5.41, 5.74) is 2.46. The molecule has 0 aliphatic rings. The zero-order chi connectivity index (χ0) is 23.1. The molecule has 0 bridgehead atoms. The van der Waals surface area contributed by atoms with E-state index in [-0.39, 0.29) is 24.6 Å². The van der Waals surface area contributed by atoms with E-state index < -0.39 is 15.9 Å². The van der Waals surface area contributed by atoms with Crippen LogP contribution in [0.25, 0.3) is 0 Å². The van der Waals surface area contributed by atoms with Crippen molar-refractivity contribution in [2.45, 2.75) is 18.7 Å². The molecule has 0 radical (unpaired) electrons. The van der Waals surface area contributed by atoms with E-state index in [2.05, 4.69) is 5.32 Å². The van der Waals surface area contributed by atoms with E-state index in [1.165, 1.54) is 18.2 Å². The molecular formula is C24H25ClN2O4S. The summed E-state index contributed by atoms with van der Waals surface area (Å²) in [6.07, 6.45) is 0. The highest BCUT2D eigenvalue weighted by atomic mass is 35.5.